The lowest BCUT2D eigenvalue weighted by atomic mass is 10.0. The van der Waals surface area contributed by atoms with Crippen molar-refractivity contribution in [1.82, 2.24) is 0 Å². The maximum Gasteiger partial charge on any atom is 0.310 e. The van der Waals surface area contributed by atoms with Crippen molar-refractivity contribution in [3.8, 4) is 11.1 Å². The van der Waals surface area contributed by atoms with Gasteiger partial charge >= 0.3 is 5.97 Å². The summed E-state index contributed by atoms with van der Waals surface area (Å²) in [4.78, 5) is 24.0. The Hall–Kier alpha value is -2.82. The molecule has 3 aromatic rings. The van der Waals surface area contributed by atoms with Gasteiger partial charge in [-0.15, -0.1) is 0 Å². The molecule has 1 N–H and O–H groups in total. The highest BCUT2D eigenvalue weighted by Crippen LogP contribution is 2.29. The second-order valence-corrected chi connectivity index (χ2v) is 6.86. The van der Waals surface area contributed by atoms with Gasteiger partial charge in [-0.2, -0.15) is 0 Å². The van der Waals surface area contributed by atoms with Gasteiger partial charge in [0.1, 0.15) is 0 Å². The molecule has 3 aromatic carbocycles. The first-order valence-electron chi connectivity index (χ1n) is 8.57. The van der Waals surface area contributed by atoms with E-state index in [1.54, 1.807) is 18.2 Å². The molecule has 142 valence electrons. The summed E-state index contributed by atoms with van der Waals surface area (Å²) in [5.41, 5.74) is 3.27. The van der Waals surface area contributed by atoms with Crippen LogP contribution < -0.4 is 5.32 Å². The third-order valence-electron chi connectivity index (χ3n) is 4.00. The van der Waals surface area contributed by atoms with Gasteiger partial charge in [-0.3, -0.25) is 9.59 Å². The Bertz CT molecular complexity index is 953. The van der Waals surface area contributed by atoms with Crippen LogP contribution in [0.2, 0.25) is 10.0 Å². The smallest absolute Gasteiger partial charge is 0.310 e. The van der Waals surface area contributed by atoms with E-state index in [1.807, 2.05) is 54.6 Å². The molecule has 0 atom stereocenters. The highest BCUT2D eigenvalue weighted by Gasteiger charge is 2.12. The molecule has 0 aliphatic rings. The molecule has 0 fully saturated rings. The van der Waals surface area contributed by atoms with E-state index in [4.69, 9.17) is 27.9 Å². The summed E-state index contributed by atoms with van der Waals surface area (Å²) in [5.74, 6) is -1.00. The molecule has 0 bridgehead atoms. The van der Waals surface area contributed by atoms with E-state index in [0.29, 0.717) is 15.7 Å². The van der Waals surface area contributed by atoms with Gasteiger partial charge in [-0.1, -0.05) is 83.9 Å². The maximum atomic E-state index is 12.0. The number of esters is 1. The molecule has 3 rings (SSSR count). The lowest BCUT2D eigenvalue weighted by molar-refractivity contribution is -0.146. The summed E-state index contributed by atoms with van der Waals surface area (Å²) in [6.45, 7) is -0.414. The number of halogens is 2. The van der Waals surface area contributed by atoms with E-state index in [2.05, 4.69) is 5.32 Å². The Kier molecular flexibility index (Phi) is 6.69. The summed E-state index contributed by atoms with van der Waals surface area (Å²) in [5, 5.41) is 3.16. The van der Waals surface area contributed by atoms with Gasteiger partial charge in [0.2, 0.25) is 0 Å². The molecule has 0 unspecified atom stereocenters. The number of nitrogens with one attached hydrogen (secondary N) is 1. The molecule has 0 aliphatic carbocycles. The number of para-hydroxylation sites is 1. The van der Waals surface area contributed by atoms with Crippen molar-refractivity contribution < 1.29 is 14.3 Å². The predicted octanol–water partition coefficient (Wildman–Crippen LogP) is 5.38. The summed E-state index contributed by atoms with van der Waals surface area (Å²) >= 11 is 12.0. The van der Waals surface area contributed by atoms with Crippen molar-refractivity contribution in [1.29, 1.82) is 0 Å². The molecular weight excluding hydrogens is 397 g/mol. The number of carbonyl (C=O) groups excluding carboxylic acids is 2. The van der Waals surface area contributed by atoms with Crippen molar-refractivity contribution in [3.05, 3.63) is 88.4 Å². The Balaban J connectivity index is 1.51. The van der Waals surface area contributed by atoms with Crippen LogP contribution in [0.3, 0.4) is 0 Å². The standard InChI is InChI=1S/C22H17Cl2NO3/c23-18-7-4-8-19(24)22(18)25-20(26)14-28-21(27)13-15-9-11-17(12-10-15)16-5-2-1-3-6-16/h1-12H,13-14H2,(H,25,26). The van der Waals surface area contributed by atoms with E-state index < -0.39 is 18.5 Å². The van der Waals surface area contributed by atoms with Crippen LogP contribution in [-0.2, 0) is 20.7 Å². The number of benzene rings is 3. The summed E-state index contributed by atoms with van der Waals surface area (Å²) in [6.07, 6.45) is 0.0786. The van der Waals surface area contributed by atoms with Crippen molar-refractivity contribution in [2.24, 2.45) is 0 Å². The molecule has 0 aliphatic heterocycles. The number of ether oxygens (including phenoxy) is 1. The molecule has 28 heavy (non-hydrogen) atoms. The Morgan fingerprint density at radius 2 is 1.39 bits per heavy atom. The lowest BCUT2D eigenvalue weighted by Gasteiger charge is -2.10. The number of hydrogen-bond donors (Lipinski definition) is 1. The Labute approximate surface area is 173 Å². The molecule has 0 radical (unpaired) electrons. The van der Waals surface area contributed by atoms with Crippen LogP contribution in [0.15, 0.2) is 72.8 Å². The van der Waals surface area contributed by atoms with Crippen molar-refractivity contribution in [2.45, 2.75) is 6.42 Å². The predicted molar refractivity (Wildman–Crippen MR) is 112 cm³/mol. The monoisotopic (exact) mass is 413 g/mol. The molecule has 1 amide bonds. The van der Waals surface area contributed by atoms with Crippen LogP contribution in [-0.4, -0.2) is 18.5 Å². The van der Waals surface area contributed by atoms with Crippen molar-refractivity contribution in [3.63, 3.8) is 0 Å². The largest absolute Gasteiger partial charge is 0.455 e. The minimum Gasteiger partial charge on any atom is -0.455 e. The second kappa shape index (κ2) is 9.40. The fraction of sp³-hybridized carbons (Fsp3) is 0.0909. The fourth-order valence-corrected chi connectivity index (χ4v) is 3.09. The minimum atomic E-state index is -0.511. The van der Waals surface area contributed by atoms with Gasteiger partial charge in [0.05, 0.1) is 22.2 Å². The van der Waals surface area contributed by atoms with Gasteiger partial charge in [-0.05, 0) is 28.8 Å². The van der Waals surface area contributed by atoms with E-state index >= 15 is 0 Å². The highest BCUT2D eigenvalue weighted by molar-refractivity contribution is 6.39. The first-order valence-corrected chi connectivity index (χ1v) is 9.32. The van der Waals surface area contributed by atoms with Crippen LogP contribution in [0.4, 0.5) is 5.69 Å². The van der Waals surface area contributed by atoms with Crippen LogP contribution in [0.25, 0.3) is 11.1 Å². The zero-order chi connectivity index (χ0) is 19.9. The van der Waals surface area contributed by atoms with E-state index in [0.717, 1.165) is 16.7 Å². The third-order valence-corrected chi connectivity index (χ3v) is 4.63. The normalized spacial score (nSPS) is 10.4. The van der Waals surface area contributed by atoms with Crippen LogP contribution in [0.1, 0.15) is 5.56 Å². The summed E-state index contributed by atoms with van der Waals surface area (Å²) < 4.78 is 5.04. The number of hydrogen-bond acceptors (Lipinski definition) is 3. The Morgan fingerprint density at radius 1 is 0.786 bits per heavy atom. The molecule has 6 heteroatoms. The lowest BCUT2D eigenvalue weighted by Crippen LogP contribution is -2.22. The number of carbonyl (C=O) groups is 2. The first-order chi connectivity index (χ1) is 13.5. The van der Waals surface area contributed by atoms with Gasteiger partial charge in [-0.25, -0.2) is 0 Å². The first kappa shape index (κ1) is 19.9. The van der Waals surface area contributed by atoms with Crippen LogP contribution in [0.5, 0.6) is 0 Å². The van der Waals surface area contributed by atoms with Crippen molar-refractivity contribution in [2.75, 3.05) is 11.9 Å². The van der Waals surface area contributed by atoms with Gasteiger partial charge in [0, 0.05) is 0 Å². The molecular formula is C22H17Cl2NO3. The molecule has 0 aromatic heterocycles. The zero-order valence-corrected chi connectivity index (χ0v) is 16.3. The highest BCUT2D eigenvalue weighted by atomic mass is 35.5. The number of anilines is 1. The minimum absolute atomic E-state index is 0.0786. The number of amides is 1. The van der Waals surface area contributed by atoms with Gasteiger partial charge in [0.15, 0.2) is 6.61 Å². The third kappa shape index (κ3) is 5.35. The van der Waals surface area contributed by atoms with E-state index in [9.17, 15) is 9.59 Å². The maximum absolute atomic E-state index is 12.0. The second-order valence-electron chi connectivity index (χ2n) is 6.05. The van der Waals surface area contributed by atoms with Gasteiger partial charge < -0.3 is 10.1 Å². The van der Waals surface area contributed by atoms with Crippen LogP contribution >= 0.6 is 23.2 Å². The zero-order valence-electron chi connectivity index (χ0n) is 14.8. The van der Waals surface area contributed by atoms with Crippen LogP contribution in [0, 0.1) is 0 Å². The average Bonchev–Trinajstić information content (AvgIpc) is 2.70. The Morgan fingerprint density at radius 3 is 2.04 bits per heavy atom. The van der Waals surface area contributed by atoms with E-state index in [1.165, 1.54) is 0 Å². The fourth-order valence-electron chi connectivity index (χ4n) is 2.60. The molecule has 0 saturated carbocycles. The van der Waals surface area contributed by atoms with E-state index in [-0.39, 0.29) is 6.42 Å². The number of rotatable bonds is 6. The molecule has 0 saturated heterocycles. The average molecular weight is 414 g/mol. The molecule has 4 nitrogen and oxygen atoms in total. The van der Waals surface area contributed by atoms with Gasteiger partial charge in [0.25, 0.3) is 5.91 Å². The molecule has 0 spiro atoms. The topological polar surface area (TPSA) is 55.4 Å². The van der Waals surface area contributed by atoms with Crippen molar-refractivity contribution >= 4 is 40.8 Å². The SMILES string of the molecule is O=C(COC(=O)Cc1ccc(-c2ccccc2)cc1)Nc1c(Cl)cccc1Cl. The molecule has 0 heterocycles. The quantitative estimate of drug-likeness (QED) is 0.551. The summed E-state index contributed by atoms with van der Waals surface area (Å²) in [6, 6.07) is 22.5. The summed E-state index contributed by atoms with van der Waals surface area (Å²) in [7, 11) is 0.